The summed E-state index contributed by atoms with van der Waals surface area (Å²) in [6.07, 6.45) is -2.35. The van der Waals surface area contributed by atoms with E-state index >= 15 is 0 Å². The molecular formula is C16H20Ac5I3N3O8. The first-order valence-electron chi connectivity index (χ1n) is 8.34. The molecule has 1 aromatic carbocycles. The third-order valence-electron chi connectivity index (χ3n) is 3.60. The van der Waals surface area contributed by atoms with E-state index in [9.17, 15) is 24.6 Å². The van der Waals surface area contributed by atoms with Crippen molar-refractivity contribution in [1.82, 2.24) is 10.6 Å². The number of hydrogen-bond donors (Lipinski definition) is 8. The molecule has 3 amide bonds. The minimum atomic E-state index is -1.18. The van der Waals surface area contributed by atoms with Gasteiger partial charge in [0.15, 0.2) is 0 Å². The summed E-state index contributed by atoms with van der Waals surface area (Å²) in [6, 6.07) is 0. The minimum Gasteiger partial charge on any atom is -0.394 e. The van der Waals surface area contributed by atoms with Gasteiger partial charge in [-0.25, -0.2) is 0 Å². The Kier molecular flexibility index (Phi) is 41.6. The number of aliphatic hydroxyl groups excluding tert-OH is 5. The Morgan fingerprint density at radius 1 is 0.686 bits per heavy atom. The van der Waals surface area contributed by atoms with Crippen molar-refractivity contribution in [3.8, 4) is 0 Å². The van der Waals surface area contributed by atoms with E-state index in [4.69, 9.17) is 15.3 Å². The van der Waals surface area contributed by atoms with Gasteiger partial charge in [-0.05, 0) is 67.8 Å². The van der Waals surface area contributed by atoms with Crippen molar-refractivity contribution in [2.24, 2.45) is 0 Å². The summed E-state index contributed by atoms with van der Waals surface area (Å²) in [6.45, 7) is -2.40. The van der Waals surface area contributed by atoms with Gasteiger partial charge in [-0.1, -0.05) is 0 Å². The average molecular weight is 1900 g/mol. The largest absolute Gasteiger partial charge is 0.394 e. The summed E-state index contributed by atoms with van der Waals surface area (Å²) in [5.41, 5.74) is 0.224. The third kappa shape index (κ3) is 17.8. The van der Waals surface area contributed by atoms with Crippen LogP contribution in [-0.4, -0.2) is 88.4 Å². The van der Waals surface area contributed by atoms with Gasteiger partial charge in [0.1, 0.15) is 6.61 Å². The second kappa shape index (κ2) is 28.3. The maximum atomic E-state index is 12.7. The molecule has 0 bridgehead atoms. The van der Waals surface area contributed by atoms with Crippen molar-refractivity contribution in [2.75, 3.05) is 38.2 Å². The van der Waals surface area contributed by atoms with E-state index in [0.717, 1.165) is 0 Å². The standard InChI is InChI=1S/C16H20I3N3O8.5Ac/c17-11-9(15(29)20-1-6(26)3-23)12(18)14(22-8(28)5-25)13(19)10(11)16(30)21-2-7(27)4-24;;;;;/h6-7,23-27H,1-5H2,(H,20,29)(H,21,30)(H,22,28);;;;;. The van der Waals surface area contributed by atoms with Crippen LogP contribution in [0.5, 0.6) is 0 Å². The van der Waals surface area contributed by atoms with Gasteiger partial charge in [0.2, 0.25) is 5.91 Å². The van der Waals surface area contributed by atoms with Crippen LogP contribution in [0.2, 0.25) is 0 Å². The second-order valence-corrected chi connectivity index (χ2v) is 9.10. The van der Waals surface area contributed by atoms with E-state index in [1.807, 2.05) is 45.2 Å². The van der Waals surface area contributed by atoms with Crippen LogP contribution in [0.25, 0.3) is 0 Å². The van der Waals surface area contributed by atoms with Crippen molar-refractivity contribution >= 4 is 91.2 Å². The molecule has 0 aromatic heterocycles. The van der Waals surface area contributed by atoms with E-state index in [1.165, 1.54) is 0 Å². The van der Waals surface area contributed by atoms with Gasteiger partial charge in [-0.2, -0.15) is 0 Å². The fourth-order valence-corrected chi connectivity index (χ4v) is 6.49. The first-order valence-corrected chi connectivity index (χ1v) is 11.6. The van der Waals surface area contributed by atoms with Crippen molar-refractivity contribution in [3.63, 3.8) is 0 Å². The molecule has 0 heterocycles. The van der Waals surface area contributed by atoms with Crippen molar-refractivity contribution in [3.05, 3.63) is 21.8 Å². The SMILES string of the molecule is O=C(CO)Nc1c(I)c(C(=O)NCC(O)CO)c(I)c(C(=O)NCC(O)CO)c1I.[Ac].[Ac].[Ac].[Ac].[Ac]. The zero-order valence-electron chi connectivity index (χ0n) is 18.2. The maximum absolute atomic E-state index is 12.7. The topological polar surface area (TPSA) is 188 Å². The number of hydrogen-bond acceptors (Lipinski definition) is 8. The van der Waals surface area contributed by atoms with Crippen LogP contribution in [0.3, 0.4) is 0 Å². The van der Waals surface area contributed by atoms with E-state index < -0.39 is 49.8 Å². The molecule has 0 spiro atoms. The van der Waals surface area contributed by atoms with Gasteiger partial charge in [0, 0.05) is 237 Å². The Labute approximate surface area is 422 Å². The maximum Gasteiger partial charge on any atom is 0.253 e. The Hall–Kier alpha value is 6.83. The summed E-state index contributed by atoms with van der Waals surface area (Å²) in [5.74, 6) is -2.07. The molecule has 11 nitrogen and oxygen atoms in total. The molecule has 183 valence electrons. The number of halogens is 3. The quantitative estimate of drug-likeness (QED) is 0.132. The van der Waals surface area contributed by atoms with Crippen LogP contribution in [0.15, 0.2) is 0 Å². The van der Waals surface area contributed by atoms with Crippen LogP contribution in [0, 0.1) is 231 Å². The molecule has 0 aliphatic carbocycles. The van der Waals surface area contributed by atoms with Crippen LogP contribution >= 0.6 is 67.8 Å². The van der Waals surface area contributed by atoms with Crippen LogP contribution < -0.4 is 16.0 Å². The number of carbonyl (C=O) groups excluding carboxylic acids is 3. The predicted octanol–water partition coefficient (Wildman–Crippen LogP) is -1.40. The number of nitrogens with one attached hydrogen (secondary N) is 3. The fourth-order valence-electron chi connectivity index (χ4n) is 2.08. The van der Waals surface area contributed by atoms with Crippen molar-refractivity contribution in [2.45, 2.75) is 12.2 Å². The number of benzene rings is 1. The monoisotopic (exact) mass is 1900 g/mol. The average Bonchev–Trinajstić information content (AvgIpc) is 2.72. The van der Waals surface area contributed by atoms with Gasteiger partial charge >= 0.3 is 0 Å². The summed E-state index contributed by atoms with van der Waals surface area (Å²) < 4.78 is 0.840. The van der Waals surface area contributed by atoms with Crippen molar-refractivity contribution < 1.29 is 260 Å². The van der Waals surface area contributed by atoms with Crippen molar-refractivity contribution in [1.29, 1.82) is 0 Å². The Bertz CT molecular complexity index is 776. The van der Waals surface area contributed by atoms with Gasteiger partial charge in [0.05, 0.1) is 49.4 Å². The molecule has 5 radical (unpaired) electrons. The second-order valence-electron chi connectivity index (χ2n) is 5.87. The molecule has 0 saturated carbocycles. The molecule has 0 aliphatic rings. The van der Waals surface area contributed by atoms with Gasteiger partial charge in [-0.15, -0.1) is 0 Å². The molecule has 2 unspecified atom stereocenters. The van der Waals surface area contributed by atoms with E-state index in [-0.39, 0.29) is 254 Å². The summed E-state index contributed by atoms with van der Waals surface area (Å²) in [4.78, 5) is 37.2. The third-order valence-corrected chi connectivity index (χ3v) is 6.83. The first kappa shape index (κ1) is 51.4. The smallest absolute Gasteiger partial charge is 0.253 e. The Balaban J connectivity index is -0.000000600. The van der Waals surface area contributed by atoms with Crippen LogP contribution in [-0.2, 0) is 4.79 Å². The molecule has 19 heteroatoms. The first-order chi connectivity index (χ1) is 14.1. The summed E-state index contributed by atoms with van der Waals surface area (Å²) in [5, 5.41) is 53.1. The molecule has 8 N–H and O–H groups in total. The zero-order valence-corrected chi connectivity index (χ0v) is 48.4. The zero-order chi connectivity index (χ0) is 23.0. The van der Waals surface area contributed by atoms with Crippen LogP contribution in [0.1, 0.15) is 20.7 Å². The molecule has 1 rings (SSSR count). The van der Waals surface area contributed by atoms with Gasteiger partial charge < -0.3 is 41.5 Å². The minimum absolute atomic E-state index is 0. The van der Waals surface area contributed by atoms with Gasteiger partial charge in [0.25, 0.3) is 11.8 Å². The predicted molar refractivity (Wildman–Crippen MR) is 131 cm³/mol. The van der Waals surface area contributed by atoms with E-state index in [2.05, 4.69) is 16.0 Å². The molecular weight excluding hydrogens is 1880 g/mol. The van der Waals surface area contributed by atoms with Crippen LogP contribution in [0.4, 0.5) is 5.69 Å². The van der Waals surface area contributed by atoms with E-state index in [0.29, 0.717) is 7.14 Å². The normalized spacial score (nSPS) is 11.0. The molecule has 1 aromatic rings. The molecule has 0 saturated heterocycles. The summed E-state index contributed by atoms with van der Waals surface area (Å²) >= 11 is 5.43. The van der Waals surface area contributed by atoms with Gasteiger partial charge in [-0.3, -0.25) is 14.4 Å². The molecule has 0 fully saturated rings. The Morgan fingerprint density at radius 3 is 1.31 bits per heavy atom. The number of aliphatic hydroxyl groups is 5. The number of carbonyl (C=O) groups is 3. The number of anilines is 1. The fraction of sp³-hybridized carbons (Fsp3) is 0.438. The number of amides is 3. The van der Waals surface area contributed by atoms with E-state index in [1.54, 1.807) is 22.6 Å². The molecule has 0 aliphatic heterocycles. The molecule has 35 heavy (non-hydrogen) atoms. The summed E-state index contributed by atoms with van der Waals surface area (Å²) in [7, 11) is 0. The Morgan fingerprint density at radius 2 is 1.03 bits per heavy atom. The number of rotatable bonds is 10. The molecule has 2 atom stereocenters.